The highest BCUT2D eigenvalue weighted by Gasteiger charge is 2.66. The average molecular weight is 291 g/mol. The third-order valence-corrected chi connectivity index (χ3v) is 5.10. The molecule has 1 aromatic rings. The van der Waals surface area contributed by atoms with Gasteiger partial charge in [0.05, 0.1) is 32.8 Å². The molecule has 114 valence electrons. The Hall–Kier alpha value is -1.08. The van der Waals surface area contributed by atoms with E-state index in [9.17, 15) is 0 Å². The highest BCUT2D eigenvalue weighted by Crippen LogP contribution is 2.41. The largest absolute Gasteiger partial charge is 0.625 e. The Morgan fingerprint density at radius 2 is 1.90 bits per heavy atom. The van der Waals surface area contributed by atoms with E-state index < -0.39 is 6.89 Å². The van der Waals surface area contributed by atoms with E-state index in [4.69, 9.17) is 18.7 Å². The van der Waals surface area contributed by atoms with Crippen LogP contribution in [0.15, 0.2) is 24.3 Å². The van der Waals surface area contributed by atoms with Crippen molar-refractivity contribution in [3.05, 3.63) is 29.8 Å². The molecule has 3 aliphatic heterocycles. The van der Waals surface area contributed by atoms with Crippen LogP contribution in [-0.4, -0.2) is 56.8 Å². The normalized spacial score (nSPS) is 37.5. The average Bonchev–Trinajstić information content (AvgIpc) is 3.07. The maximum absolute atomic E-state index is 6.12. The molecule has 0 N–H and O–H groups in total. The molecule has 0 unspecified atom stereocenters. The van der Waals surface area contributed by atoms with Crippen molar-refractivity contribution in [1.29, 1.82) is 0 Å². The monoisotopic (exact) mass is 291 g/mol. The van der Waals surface area contributed by atoms with Crippen molar-refractivity contribution in [2.75, 3.05) is 39.5 Å². The van der Waals surface area contributed by atoms with Crippen LogP contribution in [0, 0.1) is 0 Å². The molecule has 0 bridgehead atoms. The van der Waals surface area contributed by atoms with Crippen LogP contribution in [0.4, 0.5) is 0 Å². The summed E-state index contributed by atoms with van der Waals surface area (Å²) < 4.78 is 24.5. The van der Waals surface area contributed by atoms with Crippen molar-refractivity contribution in [2.24, 2.45) is 0 Å². The Labute approximate surface area is 125 Å². The third-order valence-electron chi connectivity index (χ3n) is 5.10. The van der Waals surface area contributed by atoms with Crippen molar-refractivity contribution in [1.82, 2.24) is 0 Å². The molecule has 0 saturated carbocycles. The molecular weight excluding hydrogens is 269 g/mol. The van der Waals surface area contributed by atoms with Gasteiger partial charge in [0.1, 0.15) is 18.5 Å². The van der Waals surface area contributed by atoms with Gasteiger partial charge < -0.3 is 23.1 Å². The Kier molecular flexibility index (Phi) is 3.22. The lowest BCUT2D eigenvalue weighted by Gasteiger charge is -2.37. The minimum absolute atomic E-state index is 0.0523. The number of aryl methyl sites for hydroxylation is 1. The Bertz CT molecular complexity index is 491. The molecule has 3 heterocycles. The van der Waals surface area contributed by atoms with Crippen LogP contribution in [0.25, 0.3) is 0 Å². The van der Waals surface area contributed by atoms with E-state index in [1.165, 1.54) is 5.56 Å². The molecule has 5 nitrogen and oxygen atoms in total. The number of benzene rings is 1. The SMILES string of the molecule is CCc1ccc(OC[C@@H]2C[N+]34CCO[B-]3(OCC4)O2)cc1. The summed E-state index contributed by atoms with van der Waals surface area (Å²) in [5, 5.41) is 0. The lowest BCUT2D eigenvalue weighted by atomic mass is 9.94. The molecule has 0 spiro atoms. The summed E-state index contributed by atoms with van der Waals surface area (Å²) in [7, 11) is 0. The van der Waals surface area contributed by atoms with Gasteiger partial charge in [0.2, 0.25) is 0 Å². The summed E-state index contributed by atoms with van der Waals surface area (Å²) in [6.45, 7) is 5.58. The second-order valence-electron chi connectivity index (χ2n) is 6.26. The van der Waals surface area contributed by atoms with Gasteiger partial charge in [-0.25, -0.2) is 0 Å². The first kappa shape index (κ1) is 13.6. The summed E-state index contributed by atoms with van der Waals surface area (Å²) >= 11 is 0. The quantitative estimate of drug-likeness (QED) is 0.785. The van der Waals surface area contributed by atoms with Crippen LogP contribution >= 0.6 is 0 Å². The maximum atomic E-state index is 6.12. The standard InChI is InChI=1S/C15H22BNO4/c1-2-13-3-5-14(6-4-13)18-12-15-11-17-7-9-19-16(17,21-15)20-10-8-17/h3-6,15H,2,7-12H2,1H3/t15-,16?,17?/m0/s1. The van der Waals surface area contributed by atoms with Crippen molar-refractivity contribution < 1.29 is 23.1 Å². The van der Waals surface area contributed by atoms with E-state index in [0.717, 1.165) is 49.4 Å². The molecule has 21 heavy (non-hydrogen) atoms. The van der Waals surface area contributed by atoms with Crippen molar-refractivity contribution >= 4 is 6.89 Å². The fourth-order valence-corrected chi connectivity index (χ4v) is 3.87. The van der Waals surface area contributed by atoms with E-state index in [2.05, 4.69) is 19.1 Å². The first-order valence-electron chi connectivity index (χ1n) is 7.92. The zero-order valence-corrected chi connectivity index (χ0v) is 12.5. The van der Waals surface area contributed by atoms with E-state index in [1.54, 1.807) is 0 Å². The third kappa shape index (κ3) is 2.09. The number of ether oxygens (including phenoxy) is 1. The molecular formula is C15H22BNO4. The highest BCUT2D eigenvalue weighted by molar-refractivity contribution is 6.54. The Balaban J connectivity index is 1.39. The molecule has 1 aromatic carbocycles. The van der Waals surface area contributed by atoms with Crippen molar-refractivity contribution in [3.63, 3.8) is 0 Å². The van der Waals surface area contributed by atoms with Crippen LogP contribution in [0.5, 0.6) is 5.75 Å². The van der Waals surface area contributed by atoms with Crippen LogP contribution in [0.3, 0.4) is 0 Å². The summed E-state index contributed by atoms with van der Waals surface area (Å²) in [4.78, 5) is 0. The van der Waals surface area contributed by atoms with Gasteiger partial charge in [0, 0.05) is 0 Å². The van der Waals surface area contributed by atoms with Gasteiger partial charge >= 0.3 is 6.89 Å². The van der Waals surface area contributed by atoms with E-state index in [1.807, 2.05) is 12.1 Å². The van der Waals surface area contributed by atoms with Crippen LogP contribution < -0.4 is 4.74 Å². The smallest absolute Gasteiger partial charge is 0.491 e. The Morgan fingerprint density at radius 3 is 2.52 bits per heavy atom. The first-order valence-corrected chi connectivity index (χ1v) is 7.92. The molecule has 6 heteroatoms. The minimum atomic E-state index is -1.56. The summed E-state index contributed by atoms with van der Waals surface area (Å²) in [6.07, 6.45) is 1.10. The molecule has 0 amide bonds. The lowest BCUT2D eigenvalue weighted by Crippen LogP contribution is -2.59. The highest BCUT2D eigenvalue weighted by atomic mass is 16.8. The van der Waals surface area contributed by atoms with Gasteiger partial charge in [0.15, 0.2) is 0 Å². The minimum Gasteiger partial charge on any atom is -0.491 e. The Morgan fingerprint density at radius 1 is 1.19 bits per heavy atom. The number of hydrogen-bond donors (Lipinski definition) is 0. The molecule has 0 aromatic heterocycles. The van der Waals surface area contributed by atoms with Gasteiger partial charge in [0.25, 0.3) is 0 Å². The van der Waals surface area contributed by atoms with Crippen LogP contribution in [0.2, 0.25) is 0 Å². The summed E-state index contributed by atoms with van der Waals surface area (Å²) in [5.74, 6) is 0.898. The van der Waals surface area contributed by atoms with Gasteiger partial charge in [-0.3, -0.25) is 0 Å². The van der Waals surface area contributed by atoms with Gasteiger partial charge in [-0.2, -0.15) is 0 Å². The van der Waals surface area contributed by atoms with E-state index in [0.29, 0.717) is 6.61 Å². The van der Waals surface area contributed by atoms with Crippen LogP contribution in [0.1, 0.15) is 12.5 Å². The fourth-order valence-electron chi connectivity index (χ4n) is 3.87. The number of quaternary nitrogens is 1. The van der Waals surface area contributed by atoms with E-state index in [-0.39, 0.29) is 6.10 Å². The molecule has 3 saturated heterocycles. The van der Waals surface area contributed by atoms with Gasteiger partial charge in [-0.05, 0) is 24.1 Å². The fraction of sp³-hybridized carbons (Fsp3) is 0.600. The first-order chi connectivity index (χ1) is 10.3. The molecule has 3 aliphatic rings. The van der Waals surface area contributed by atoms with Gasteiger partial charge in [-0.1, -0.05) is 19.1 Å². The number of nitrogens with zero attached hydrogens (tertiary/aromatic N) is 1. The molecule has 0 radical (unpaired) electrons. The van der Waals surface area contributed by atoms with Crippen LogP contribution in [-0.2, 0) is 20.4 Å². The summed E-state index contributed by atoms with van der Waals surface area (Å²) in [6, 6.07) is 8.27. The van der Waals surface area contributed by atoms with Crippen molar-refractivity contribution in [2.45, 2.75) is 19.4 Å². The topological polar surface area (TPSA) is 36.9 Å². The molecule has 4 rings (SSSR count). The second-order valence-corrected chi connectivity index (χ2v) is 6.26. The summed E-state index contributed by atoms with van der Waals surface area (Å²) in [5.41, 5.74) is 1.32. The van der Waals surface area contributed by atoms with Crippen molar-refractivity contribution in [3.8, 4) is 5.75 Å². The predicted molar refractivity (Wildman–Crippen MR) is 78.7 cm³/mol. The maximum Gasteiger partial charge on any atom is 0.625 e. The van der Waals surface area contributed by atoms with Gasteiger partial charge in [-0.15, -0.1) is 0 Å². The lowest BCUT2D eigenvalue weighted by molar-refractivity contribution is -0.816. The molecule has 1 atom stereocenters. The zero-order valence-electron chi connectivity index (χ0n) is 12.5. The second kappa shape index (κ2) is 4.99. The number of rotatable bonds is 4. The zero-order chi connectivity index (χ0) is 14.3. The molecule has 3 fully saturated rings. The van der Waals surface area contributed by atoms with E-state index >= 15 is 0 Å². The number of hydrogen-bond acceptors (Lipinski definition) is 4. The predicted octanol–water partition coefficient (Wildman–Crippen LogP) is 1.34. The molecule has 0 aliphatic carbocycles.